The summed E-state index contributed by atoms with van der Waals surface area (Å²) in [7, 11) is -3.25. The van der Waals surface area contributed by atoms with Crippen LogP contribution in [0, 0.1) is 23.2 Å². The summed E-state index contributed by atoms with van der Waals surface area (Å²) in [4.78, 5) is 22.9. The van der Waals surface area contributed by atoms with E-state index in [0.717, 1.165) is 49.5 Å². The molecule has 0 bridgehead atoms. The van der Waals surface area contributed by atoms with Crippen LogP contribution < -0.4 is 0 Å². The molecule has 0 spiro atoms. The van der Waals surface area contributed by atoms with E-state index in [9.17, 15) is 18.0 Å². The summed E-state index contributed by atoms with van der Waals surface area (Å²) in [6.07, 6.45) is 10.1. The summed E-state index contributed by atoms with van der Waals surface area (Å²) in [5.41, 5.74) is 3.37. The van der Waals surface area contributed by atoms with Gasteiger partial charge in [0, 0.05) is 19.3 Å². The van der Waals surface area contributed by atoms with Gasteiger partial charge < -0.3 is 9.53 Å². The smallest absolute Gasteiger partial charge is 0.302 e. The van der Waals surface area contributed by atoms with Crippen molar-refractivity contribution in [3.05, 3.63) is 22.8 Å². The minimum atomic E-state index is -3.25. The van der Waals surface area contributed by atoms with Crippen LogP contribution in [0.2, 0.25) is 0 Å². The first kappa shape index (κ1) is 21.8. The number of fused-ring (bicyclic) bond motifs is 1. The highest BCUT2D eigenvalue weighted by atomic mass is 32.2. The number of sulfone groups is 1. The normalized spacial score (nSPS) is 40.0. The molecule has 166 valence electrons. The van der Waals surface area contributed by atoms with Crippen molar-refractivity contribution in [1.82, 2.24) is 0 Å². The van der Waals surface area contributed by atoms with Gasteiger partial charge in [-0.25, -0.2) is 8.42 Å². The Balaban J connectivity index is 1.63. The third-order valence-electron chi connectivity index (χ3n) is 8.36. The number of aldehydes is 1. The largest absolute Gasteiger partial charge is 0.462 e. The maximum Gasteiger partial charge on any atom is 0.302 e. The Labute approximate surface area is 180 Å². The number of carbonyl (C=O) groups excluding carboxylic acids is 2. The predicted molar refractivity (Wildman–Crippen MR) is 115 cm³/mol. The quantitative estimate of drug-likeness (QED) is 0.377. The molecular formula is C24H34O5S. The van der Waals surface area contributed by atoms with Crippen LogP contribution >= 0.6 is 0 Å². The Morgan fingerprint density at radius 1 is 1.23 bits per heavy atom. The van der Waals surface area contributed by atoms with Crippen molar-refractivity contribution in [2.24, 2.45) is 23.2 Å². The van der Waals surface area contributed by atoms with Gasteiger partial charge in [0.15, 0.2) is 9.84 Å². The summed E-state index contributed by atoms with van der Waals surface area (Å²) >= 11 is 0. The van der Waals surface area contributed by atoms with Crippen LogP contribution in [0.4, 0.5) is 0 Å². The molecule has 5 nitrogen and oxygen atoms in total. The molecular weight excluding hydrogens is 400 g/mol. The molecule has 0 saturated heterocycles. The van der Waals surface area contributed by atoms with E-state index in [0.29, 0.717) is 31.1 Å². The van der Waals surface area contributed by atoms with Crippen molar-refractivity contribution < 1.29 is 22.7 Å². The van der Waals surface area contributed by atoms with Gasteiger partial charge in [0.05, 0.1) is 5.75 Å². The van der Waals surface area contributed by atoms with Crippen molar-refractivity contribution in [2.75, 3.05) is 5.75 Å². The zero-order valence-corrected chi connectivity index (χ0v) is 19.2. The highest BCUT2D eigenvalue weighted by Crippen LogP contribution is 2.59. The Kier molecular flexibility index (Phi) is 5.75. The van der Waals surface area contributed by atoms with Crippen LogP contribution in [-0.2, 0) is 24.2 Å². The van der Waals surface area contributed by atoms with Crippen molar-refractivity contribution >= 4 is 22.1 Å². The highest BCUT2D eigenvalue weighted by molar-refractivity contribution is 7.92. The van der Waals surface area contributed by atoms with Gasteiger partial charge in [-0.3, -0.25) is 4.79 Å². The lowest BCUT2D eigenvalue weighted by atomic mass is 9.61. The lowest BCUT2D eigenvalue weighted by Crippen LogP contribution is -2.37. The molecule has 2 saturated carbocycles. The molecule has 0 aromatic heterocycles. The molecule has 0 aromatic carbocycles. The zero-order chi connectivity index (χ0) is 21.7. The van der Waals surface area contributed by atoms with Crippen molar-refractivity contribution in [2.45, 2.75) is 83.5 Å². The molecule has 6 atom stereocenters. The lowest BCUT2D eigenvalue weighted by molar-refractivity contribution is -0.146. The number of esters is 1. The highest BCUT2D eigenvalue weighted by Gasteiger charge is 2.51. The first-order chi connectivity index (χ1) is 14.2. The number of hydrogen-bond donors (Lipinski definition) is 0. The first-order valence-electron chi connectivity index (χ1n) is 11.4. The van der Waals surface area contributed by atoms with Crippen molar-refractivity contribution in [1.29, 1.82) is 0 Å². The molecule has 4 rings (SSSR count). The second-order valence-corrected chi connectivity index (χ2v) is 12.3. The van der Waals surface area contributed by atoms with Gasteiger partial charge in [-0.2, -0.15) is 0 Å². The molecule has 3 aliphatic carbocycles. The van der Waals surface area contributed by atoms with Crippen LogP contribution in [0.15, 0.2) is 22.8 Å². The van der Waals surface area contributed by atoms with Crippen LogP contribution in [-0.4, -0.2) is 37.8 Å². The van der Waals surface area contributed by atoms with Gasteiger partial charge in [0.1, 0.15) is 17.6 Å². The summed E-state index contributed by atoms with van der Waals surface area (Å²) in [6, 6.07) is 0. The second kappa shape index (κ2) is 7.92. The number of hydrogen-bond acceptors (Lipinski definition) is 5. The lowest BCUT2D eigenvalue weighted by Gasteiger charge is -2.43. The fourth-order valence-corrected chi connectivity index (χ4v) is 9.06. The average Bonchev–Trinajstić information content (AvgIpc) is 3.15. The standard InChI is InChI=1S/C24H34O5S/c1-15(13-25)21-8-9-22-17(5-4-10-24(21,22)3)11-23-20-12-19(29-16(2)26)7-6-18(20)14-30(23,27)28/h11,13,15,19,21-23H,4-10,12,14H2,1-3H3/b17-11+/t15-,19+,21-,22+,23-,24-/m1/s1. The molecule has 6 heteroatoms. The molecule has 2 fully saturated rings. The van der Waals surface area contributed by atoms with E-state index in [1.165, 1.54) is 12.5 Å². The molecule has 1 aliphatic heterocycles. The summed E-state index contributed by atoms with van der Waals surface area (Å²) < 4.78 is 31.6. The zero-order valence-electron chi connectivity index (χ0n) is 18.4. The van der Waals surface area contributed by atoms with Gasteiger partial charge in [0.2, 0.25) is 0 Å². The fourth-order valence-electron chi connectivity index (χ4n) is 6.99. The monoisotopic (exact) mass is 434 g/mol. The van der Waals surface area contributed by atoms with E-state index in [1.54, 1.807) is 0 Å². The summed E-state index contributed by atoms with van der Waals surface area (Å²) in [5, 5.41) is -0.564. The van der Waals surface area contributed by atoms with E-state index in [4.69, 9.17) is 4.74 Å². The number of ether oxygens (including phenoxy) is 1. The molecule has 0 unspecified atom stereocenters. The van der Waals surface area contributed by atoms with Gasteiger partial charge in [0.25, 0.3) is 0 Å². The summed E-state index contributed by atoms with van der Waals surface area (Å²) in [6.45, 7) is 5.75. The number of allylic oxidation sites excluding steroid dienone is 1. The van der Waals surface area contributed by atoms with Crippen molar-refractivity contribution in [3.8, 4) is 0 Å². The van der Waals surface area contributed by atoms with Gasteiger partial charge in [-0.05, 0) is 67.8 Å². The van der Waals surface area contributed by atoms with Gasteiger partial charge in [-0.15, -0.1) is 0 Å². The Morgan fingerprint density at radius 3 is 2.70 bits per heavy atom. The van der Waals surface area contributed by atoms with Crippen LogP contribution in [0.5, 0.6) is 0 Å². The fraction of sp³-hybridized carbons (Fsp3) is 0.750. The minimum absolute atomic E-state index is 0.0479. The first-order valence-corrected chi connectivity index (χ1v) is 13.1. The molecule has 30 heavy (non-hydrogen) atoms. The number of carbonyl (C=O) groups is 2. The third-order valence-corrected chi connectivity index (χ3v) is 10.3. The SMILES string of the molecule is CC(=O)O[C@H]1CCC2=C(C1)[C@@H](/C=C1\CCC[C@]3(C)[C@@H]([C@H](C)C=O)CC[C@@H]13)S(=O)(=O)C2. The van der Waals surface area contributed by atoms with Gasteiger partial charge >= 0.3 is 5.97 Å². The van der Waals surface area contributed by atoms with E-state index < -0.39 is 15.1 Å². The third kappa shape index (κ3) is 3.69. The molecule has 4 aliphatic rings. The van der Waals surface area contributed by atoms with Crippen LogP contribution in [0.1, 0.15) is 72.1 Å². The minimum Gasteiger partial charge on any atom is -0.462 e. The van der Waals surface area contributed by atoms with E-state index in [1.807, 2.05) is 6.92 Å². The summed E-state index contributed by atoms with van der Waals surface area (Å²) in [5.74, 6) is 0.639. The Hall–Kier alpha value is -1.43. The van der Waals surface area contributed by atoms with E-state index in [2.05, 4.69) is 13.0 Å². The Bertz CT molecular complexity index is 899. The molecule has 0 amide bonds. The maximum atomic E-state index is 13.1. The van der Waals surface area contributed by atoms with Crippen LogP contribution in [0.3, 0.4) is 0 Å². The predicted octanol–water partition coefficient (Wildman–Crippen LogP) is 4.17. The average molecular weight is 435 g/mol. The Morgan fingerprint density at radius 2 is 2.00 bits per heavy atom. The molecule has 0 aromatic rings. The van der Waals surface area contributed by atoms with Crippen LogP contribution in [0.25, 0.3) is 0 Å². The topological polar surface area (TPSA) is 77.5 Å². The number of rotatable bonds is 4. The second-order valence-electron chi connectivity index (χ2n) is 10.2. The molecule has 1 heterocycles. The van der Waals surface area contributed by atoms with E-state index in [-0.39, 0.29) is 29.2 Å². The maximum absolute atomic E-state index is 13.1. The molecule has 0 N–H and O–H groups in total. The molecule has 0 radical (unpaired) electrons. The van der Waals surface area contributed by atoms with Crippen molar-refractivity contribution in [3.63, 3.8) is 0 Å². The van der Waals surface area contributed by atoms with E-state index >= 15 is 0 Å². The van der Waals surface area contributed by atoms with Gasteiger partial charge in [-0.1, -0.05) is 31.1 Å².